The highest BCUT2D eigenvalue weighted by Crippen LogP contribution is 2.31. The van der Waals surface area contributed by atoms with Crippen LogP contribution in [0, 0.1) is 0 Å². The minimum atomic E-state index is -3.65. The molecule has 1 amide bonds. The Morgan fingerprint density at radius 3 is 2.62 bits per heavy atom. The molecule has 4 rings (SSSR count). The summed E-state index contributed by atoms with van der Waals surface area (Å²) in [5.41, 5.74) is 1.25. The van der Waals surface area contributed by atoms with Gasteiger partial charge >= 0.3 is 0 Å². The molecule has 32 heavy (non-hydrogen) atoms. The van der Waals surface area contributed by atoms with Crippen molar-refractivity contribution in [3.63, 3.8) is 0 Å². The van der Waals surface area contributed by atoms with Crippen LogP contribution in [0.25, 0.3) is 0 Å². The lowest BCUT2D eigenvalue weighted by atomic mass is 10.0. The van der Waals surface area contributed by atoms with Gasteiger partial charge in [-0.05, 0) is 38.1 Å². The van der Waals surface area contributed by atoms with Gasteiger partial charge in [0.1, 0.15) is 16.3 Å². The first-order valence-corrected chi connectivity index (χ1v) is 12.4. The number of aromatic amines is 1. The molecular weight excluding hydrogens is 432 g/mol. The normalized spacial score (nSPS) is 19.0. The zero-order chi connectivity index (χ0) is 22.6. The molecule has 0 spiro atoms. The standard InChI is InChI=1S/C22H30N4O5S/c1-30-21-7-3-2-6-18(21)20(25-8-4-5-9-25)16-24-22(27)19-14-17(15-23-19)32(28,29)26-10-12-31-13-11-26/h2-3,6-7,14-15,20,23H,4-5,8-13,16H2,1H3,(H,24,27). The van der Waals surface area contributed by atoms with Crippen molar-refractivity contribution in [2.24, 2.45) is 0 Å². The number of ether oxygens (including phenoxy) is 2. The molecule has 0 aliphatic carbocycles. The molecule has 2 aliphatic heterocycles. The summed E-state index contributed by atoms with van der Waals surface area (Å²) in [5.74, 6) is 0.449. The van der Waals surface area contributed by atoms with E-state index in [0.717, 1.165) is 37.2 Å². The minimum absolute atomic E-state index is 0.0240. The highest BCUT2D eigenvalue weighted by Gasteiger charge is 2.29. The third-order valence-electron chi connectivity index (χ3n) is 6.04. The van der Waals surface area contributed by atoms with Crippen molar-refractivity contribution < 1.29 is 22.7 Å². The van der Waals surface area contributed by atoms with E-state index < -0.39 is 10.0 Å². The molecule has 174 valence electrons. The monoisotopic (exact) mass is 462 g/mol. The van der Waals surface area contributed by atoms with Crippen LogP contribution in [0.15, 0.2) is 41.4 Å². The fourth-order valence-electron chi connectivity index (χ4n) is 4.31. The van der Waals surface area contributed by atoms with E-state index in [-0.39, 0.29) is 22.5 Å². The largest absolute Gasteiger partial charge is 0.496 e. The number of nitrogens with one attached hydrogen (secondary N) is 2. The molecule has 2 N–H and O–H groups in total. The summed E-state index contributed by atoms with van der Waals surface area (Å²) in [7, 11) is -2.01. The van der Waals surface area contributed by atoms with Gasteiger partial charge in [0.25, 0.3) is 5.91 Å². The molecule has 10 heteroatoms. The summed E-state index contributed by atoms with van der Waals surface area (Å²) >= 11 is 0. The molecule has 0 bridgehead atoms. The highest BCUT2D eigenvalue weighted by molar-refractivity contribution is 7.89. The molecule has 2 aromatic rings. The van der Waals surface area contributed by atoms with Gasteiger partial charge in [-0.2, -0.15) is 4.31 Å². The highest BCUT2D eigenvalue weighted by atomic mass is 32.2. The van der Waals surface area contributed by atoms with Gasteiger partial charge in [0.15, 0.2) is 0 Å². The number of methoxy groups -OCH3 is 1. The van der Waals surface area contributed by atoms with Crippen LogP contribution in [-0.4, -0.2) is 81.6 Å². The minimum Gasteiger partial charge on any atom is -0.496 e. The Hall–Kier alpha value is -2.40. The SMILES string of the molecule is COc1ccccc1C(CNC(=O)c1cc(S(=O)(=O)N2CCOCC2)c[nH]1)N1CCCC1. The average Bonchev–Trinajstić information content (AvgIpc) is 3.53. The van der Waals surface area contributed by atoms with Crippen LogP contribution >= 0.6 is 0 Å². The lowest BCUT2D eigenvalue weighted by Crippen LogP contribution is -2.40. The predicted octanol–water partition coefficient (Wildman–Crippen LogP) is 1.61. The van der Waals surface area contributed by atoms with Crippen molar-refractivity contribution >= 4 is 15.9 Å². The lowest BCUT2D eigenvalue weighted by Gasteiger charge is -2.29. The van der Waals surface area contributed by atoms with Crippen molar-refractivity contribution in [2.45, 2.75) is 23.8 Å². The van der Waals surface area contributed by atoms with Crippen LogP contribution in [0.4, 0.5) is 0 Å². The predicted molar refractivity (Wildman–Crippen MR) is 119 cm³/mol. The fraction of sp³-hybridized carbons (Fsp3) is 0.500. The second-order valence-electron chi connectivity index (χ2n) is 7.98. The van der Waals surface area contributed by atoms with E-state index in [4.69, 9.17) is 9.47 Å². The van der Waals surface area contributed by atoms with Crippen LogP contribution < -0.4 is 10.1 Å². The average molecular weight is 463 g/mol. The van der Waals surface area contributed by atoms with Gasteiger partial charge in [-0.15, -0.1) is 0 Å². The maximum absolute atomic E-state index is 12.8. The maximum atomic E-state index is 12.8. The van der Waals surface area contributed by atoms with Crippen molar-refractivity contribution in [1.82, 2.24) is 19.5 Å². The number of hydrogen-bond acceptors (Lipinski definition) is 6. The molecule has 0 radical (unpaired) electrons. The van der Waals surface area contributed by atoms with Gasteiger partial charge in [0.2, 0.25) is 10.0 Å². The van der Waals surface area contributed by atoms with Gasteiger partial charge in [0.05, 0.1) is 26.4 Å². The number of nitrogens with zero attached hydrogens (tertiary/aromatic N) is 2. The third-order valence-corrected chi connectivity index (χ3v) is 7.92. The van der Waals surface area contributed by atoms with Gasteiger partial charge in [-0.3, -0.25) is 9.69 Å². The number of sulfonamides is 1. The molecule has 1 unspecified atom stereocenters. The summed E-state index contributed by atoms with van der Waals surface area (Å²) < 4.78 is 37.8. The van der Waals surface area contributed by atoms with E-state index in [2.05, 4.69) is 15.2 Å². The van der Waals surface area contributed by atoms with Crippen LogP contribution in [0.5, 0.6) is 5.75 Å². The van der Waals surface area contributed by atoms with E-state index in [0.29, 0.717) is 32.8 Å². The zero-order valence-corrected chi connectivity index (χ0v) is 19.1. The number of carbonyl (C=O) groups is 1. The van der Waals surface area contributed by atoms with E-state index in [9.17, 15) is 13.2 Å². The number of H-pyrrole nitrogens is 1. The molecule has 2 saturated heterocycles. The van der Waals surface area contributed by atoms with Crippen LogP contribution in [0.3, 0.4) is 0 Å². The van der Waals surface area contributed by atoms with Crippen molar-refractivity contribution in [3.05, 3.63) is 47.8 Å². The van der Waals surface area contributed by atoms with E-state index in [1.165, 1.54) is 16.6 Å². The number of carbonyl (C=O) groups excluding carboxylic acids is 1. The summed E-state index contributed by atoms with van der Waals surface area (Å²) in [4.78, 5) is 18.1. The summed E-state index contributed by atoms with van der Waals surface area (Å²) in [6.07, 6.45) is 3.62. The molecule has 1 aromatic heterocycles. The van der Waals surface area contributed by atoms with Crippen LogP contribution in [-0.2, 0) is 14.8 Å². The molecule has 3 heterocycles. The molecule has 2 fully saturated rings. The van der Waals surface area contributed by atoms with Gasteiger partial charge in [-0.25, -0.2) is 8.42 Å². The number of benzene rings is 1. The number of amides is 1. The first kappa shape index (κ1) is 22.8. The molecule has 0 saturated carbocycles. The lowest BCUT2D eigenvalue weighted by molar-refractivity contribution is 0.0730. The molecule has 9 nitrogen and oxygen atoms in total. The number of morpholine rings is 1. The van der Waals surface area contributed by atoms with Gasteiger partial charge in [-0.1, -0.05) is 18.2 Å². The van der Waals surface area contributed by atoms with Crippen LogP contribution in [0.2, 0.25) is 0 Å². The number of para-hydroxylation sites is 1. The molecule has 1 aromatic carbocycles. The summed E-state index contributed by atoms with van der Waals surface area (Å²) in [6, 6.07) is 9.22. The van der Waals surface area contributed by atoms with E-state index in [1.54, 1.807) is 7.11 Å². The maximum Gasteiger partial charge on any atom is 0.267 e. The Morgan fingerprint density at radius 2 is 1.91 bits per heavy atom. The number of aromatic nitrogens is 1. The molecule has 2 aliphatic rings. The Morgan fingerprint density at radius 1 is 1.19 bits per heavy atom. The third kappa shape index (κ3) is 4.83. The second kappa shape index (κ2) is 10.0. The Balaban J connectivity index is 1.47. The van der Waals surface area contributed by atoms with Gasteiger partial charge in [0, 0.05) is 31.4 Å². The number of likely N-dealkylation sites (tertiary alicyclic amines) is 1. The Labute approximate surface area is 188 Å². The molecule has 1 atom stereocenters. The van der Waals surface area contributed by atoms with Crippen LogP contribution in [0.1, 0.15) is 34.9 Å². The van der Waals surface area contributed by atoms with Crippen molar-refractivity contribution in [1.29, 1.82) is 0 Å². The summed E-state index contributed by atoms with van der Waals surface area (Å²) in [6.45, 7) is 3.68. The quantitative estimate of drug-likeness (QED) is 0.618. The first-order valence-electron chi connectivity index (χ1n) is 10.9. The van der Waals surface area contributed by atoms with Crippen molar-refractivity contribution in [2.75, 3.05) is 53.0 Å². The smallest absolute Gasteiger partial charge is 0.267 e. The Kier molecular flexibility index (Phi) is 7.14. The topological polar surface area (TPSA) is 104 Å². The summed E-state index contributed by atoms with van der Waals surface area (Å²) in [5, 5.41) is 2.97. The van der Waals surface area contributed by atoms with E-state index >= 15 is 0 Å². The van der Waals surface area contributed by atoms with Crippen molar-refractivity contribution in [3.8, 4) is 5.75 Å². The molecular formula is C22H30N4O5S. The Bertz CT molecular complexity index is 1030. The number of rotatable bonds is 8. The van der Waals surface area contributed by atoms with E-state index in [1.807, 2.05) is 24.3 Å². The second-order valence-corrected chi connectivity index (χ2v) is 9.91. The van der Waals surface area contributed by atoms with Gasteiger partial charge < -0.3 is 19.8 Å². The fourth-order valence-corrected chi connectivity index (χ4v) is 5.71. The zero-order valence-electron chi connectivity index (χ0n) is 18.2. The number of hydrogen-bond donors (Lipinski definition) is 2. The first-order chi connectivity index (χ1) is 15.5.